The third-order valence-corrected chi connectivity index (χ3v) is 3.94. The average Bonchev–Trinajstić information content (AvgIpc) is 2.48. The molecule has 4 heteroatoms. The van der Waals surface area contributed by atoms with Gasteiger partial charge in [0.2, 0.25) is 0 Å². The largest absolute Gasteiger partial charge is 0.384 e. The van der Waals surface area contributed by atoms with Crippen LogP contribution in [0.1, 0.15) is 23.3 Å². The monoisotopic (exact) mass is 217 g/mol. The van der Waals surface area contributed by atoms with Crippen molar-refractivity contribution in [1.82, 2.24) is 0 Å². The van der Waals surface area contributed by atoms with Crippen LogP contribution >= 0.6 is 22.9 Å². The van der Waals surface area contributed by atoms with Crippen LogP contribution in [0.25, 0.3) is 0 Å². The number of rotatable bonds is 1. The van der Waals surface area contributed by atoms with Crippen LogP contribution in [0.5, 0.6) is 0 Å². The number of aliphatic hydroxyl groups is 1. The second-order valence-electron chi connectivity index (χ2n) is 3.48. The minimum absolute atomic E-state index is 0.285. The van der Waals surface area contributed by atoms with Gasteiger partial charge in [-0.2, -0.15) is 0 Å². The normalized spacial score (nSPS) is 27.3. The summed E-state index contributed by atoms with van der Waals surface area (Å²) in [6.07, 6.45) is 2.77. The molecule has 0 radical (unpaired) electrons. The zero-order chi connectivity index (χ0) is 9.47. The van der Waals surface area contributed by atoms with Gasteiger partial charge in [0.15, 0.2) is 0 Å². The van der Waals surface area contributed by atoms with Gasteiger partial charge >= 0.3 is 0 Å². The highest BCUT2D eigenvalue weighted by Crippen LogP contribution is 2.40. The summed E-state index contributed by atoms with van der Waals surface area (Å²) in [5, 5.41) is 10.2. The summed E-state index contributed by atoms with van der Waals surface area (Å²) in [6.45, 7) is 0.285. The van der Waals surface area contributed by atoms with Crippen molar-refractivity contribution in [3.63, 3.8) is 0 Å². The molecule has 2 rings (SSSR count). The first kappa shape index (κ1) is 9.46. The summed E-state index contributed by atoms with van der Waals surface area (Å²) in [5.41, 5.74) is 5.71. The van der Waals surface area contributed by atoms with Crippen molar-refractivity contribution in [3.05, 3.63) is 20.8 Å². The van der Waals surface area contributed by atoms with E-state index in [0.717, 1.165) is 29.2 Å². The topological polar surface area (TPSA) is 46.2 Å². The Morgan fingerprint density at radius 3 is 3.15 bits per heavy atom. The zero-order valence-electron chi connectivity index (χ0n) is 7.22. The van der Waals surface area contributed by atoms with Crippen LogP contribution < -0.4 is 5.73 Å². The van der Waals surface area contributed by atoms with Crippen molar-refractivity contribution < 1.29 is 5.11 Å². The summed E-state index contributed by atoms with van der Waals surface area (Å²) in [6, 6.07) is 1.85. The van der Waals surface area contributed by atoms with E-state index < -0.39 is 5.60 Å². The van der Waals surface area contributed by atoms with Crippen LogP contribution in [0.4, 0.5) is 0 Å². The van der Waals surface area contributed by atoms with E-state index >= 15 is 0 Å². The van der Waals surface area contributed by atoms with Gasteiger partial charge in [0.05, 0.1) is 4.34 Å². The highest BCUT2D eigenvalue weighted by Gasteiger charge is 2.34. The molecule has 0 aliphatic heterocycles. The van der Waals surface area contributed by atoms with Crippen LogP contribution in [0.15, 0.2) is 6.07 Å². The van der Waals surface area contributed by atoms with Crippen molar-refractivity contribution in [2.75, 3.05) is 6.54 Å². The summed E-state index contributed by atoms with van der Waals surface area (Å²) in [4.78, 5) is 1.20. The second-order valence-corrected chi connectivity index (χ2v) is 5.24. The lowest BCUT2D eigenvalue weighted by molar-refractivity contribution is 0.0288. The summed E-state index contributed by atoms with van der Waals surface area (Å²) in [5.74, 6) is 0. The minimum Gasteiger partial charge on any atom is -0.384 e. The van der Waals surface area contributed by atoms with E-state index in [-0.39, 0.29) is 6.54 Å². The Kier molecular flexibility index (Phi) is 2.36. The van der Waals surface area contributed by atoms with Gasteiger partial charge in [-0.25, -0.2) is 0 Å². The van der Waals surface area contributed by atoms with E-state index in [9.17, 15) is 5.11 Å². The number of halogens is 1. The molecule has 0 bridgehead atoms. The van der Waals surface area contributed by atoms with Gasteiger partial charge in [-0.3, -0.25) is 0 Å². The van der Waals surface area contributed by atoms with Crippen molar-refractivity contribution in [1.29, 1.82) is 0 Å². The maximum atomic E-state index is 10.2. The molecule has 1 aliphatic carbocycles. The number of thiophene rings is 1. The van der Waals surface area contributed by atoms with E-state index in [2.05, 4.69) is 0 Å². The molecule has 72 valence electrons. The van der Waals surface area contributed by atoms with E-state index in [4.69, 9.17) is 17.3 Å². The van der Waals surface area contributed by atoms with Crippen molar-refractivity contribution in [2.45, 2.75) is 24.9 Å². The molecule has 0 fully saturated rings. The minimum atomic E-state index is -0.822. The Labute approximate surface area is 86.3 Å². The SMILES string of the molecule is NCC1(O)CCCc2sc(Cl)cc21. The first-order valence-corrected chi connectivity index (χ1v) is 5.56. The molecular weight excluding hydrogens is 206 g/mol. The van der Waals surface area contributed by atoms with E-state index in [1.165, 1.54) is 4.88 Å². The predicted octanol–water partition coefficient (Wildman–Crippen LogP) is 1.88. The molecule has 1 aromatic rings. The predicted molar refractivity (Wildman–Crippen MR) is 55.2 cm³/mol. The fourth-order valence-corrected chi connectivity index (χ4v) is 3.27. The van der Waals surface area contributed by atoms with E-state index in [1.54, 1.807) is 11.3 Å². The summed E-state index contributed by atoms with van der Waals surface area (Å²) < 4.78 is 0.749. The molecule has 1 aliphatic rings. The molecule has 3 N–H and O–H groups in total. The molecule has 1 atom stereocenters. The maximum Gasteiger partial charge on any atom is 0.103 e. The number of aryl methyl sites for hydroxylation is 1. The standard InChI is InChI=1S/C9H12ClNOS/c10-8-4-6-7(13-8)2-1-3-9(6,12)5-11/h4,12H,1-3,5,11H2. The third kappa shape index (κ3) is 1.50. The number of hydrogen-bond donors (Lipinski definition) is 2. The Balaban J connectivity index is 2.47. The Morgan fingerprint density at radius 2 is 2.46 bits per heavy atom. The molecule has 0 aromatic carbocycles. The van der Waals surface area contributed by atoms with Crippen molar-refractivity contribution >= 4 is 22.9 Å². The first-order chi connectivity index (χ1) is 6.15. The summed E-state index contributed by atoms with van der Waals surface area (Å²) >= 11 is 7.46. The van der Waals surface area contributed by atoms with Gasteiger partial charge in [0.25, 0.3) is 0 Å². The lowest BCUT2D eigenvalue weighted by atomic mass is 9.83. The van der Waals surface area contributed by atoms with Crippen LogP contribution in [-0.2, 0) is 12.0 Å². The Hall–Kier alpha value is -0.0900. The molecule has 13 heavy (non-hydrogen) atoms. The molecule has 0 saturated heterocycles. The number of fused-ring (bicyclic) bond motifs is 1. The van der Waals surface area contributed by atoms with Crippen LogP contribution in [0.2, 0.25) is 4.34 Å². The average molecular weight is 218 g/mol. The third-order valence-electron chi connectivity index (χ3n) is 2.61. The molecule has 1 unspecified atom stereocenters. The highest BCUT2D eigenvalue weighted by atomic mass is 35.5. The quantitative estimate of drug-likeness (QED) is 0.755. The molecule has 0 saturated carbocycles. The van der Waals surface area contributed by atoms with Gasteiger partial charge in [0, 0.05) is 17.0 Å². The molecule has 1 heterocycles. The van der Waals surface area contributed by atoms with Gasteiger partial charge in [-0.05, 0) is 25.3 Å². The van der Waals surface area contributed by atoms with E-state index in [0.29, 0.717) is 0 Å². The van der Waals surface area contributed by atoms with Gasteiger partial charge in [-0.15, -0.1) is 11.3 Å². The maximum absolute atomic E-state index is 10.2. The van der Waals surface area contributed by atoms with Crippen LogP contribution in [0.3, 0.4) is 0 Å². The Bertz CT molecular complexity index is 325. The van der Waals surface area contributed by atoms with Crippen molar-refractivity contribution in [2.24, 2.45) is 5.73 Å². The lowest BCUT2D eigenvalue weighted by Gasteiger charge is -2.30. The van der Waals surface area contributed by atoms with Gasteiger partial charge in [-0.1, -0.05) is 11.6 Å². The smallest absolute Gasteiger partial charge is 0.103 e. The number of nitrogens with two attached hydrogens (primary N) is 1. The van der Waals surface area contributed by atoms with Gasteiger partial charge in [0.1, 0.15) is 5.60 Å². The van der Waals surface area contributed by atoms with Crippen molar-refractivity contribution in [3.8, 4) is 0 Å². The number of hydrogen-bond acceptors (Lipinski definition) is 3. The molecule has 1 aromatic heterocycles. The molecule has 2 nitrogen and oxygen atoms in total. The highest BCUT2D eigenvalue weighted by molar-refractivity contribution is 7.16. The fraction of sp³-hybridized carbons (Fsp3) is 0.556. The molecular formula is C9H12ClNOS. The van der Waals surface area contributed by atoms with Crippen LogP contribution in [-0.4, -0.2) is 11.7 Å². The molecule has 0 spiro atoms. The Morgan fingerprint density at radius 1 is 1.69 bits per heavy atom. The fourth-order valence-electron chi connectivity index (χ4n) is 1.86. The molecule has 0 amide bonds. The first-order valence-electron chi connectivity index (χ1n) is 4.37. The second kappa shape index (κ2) is 3.24. The zero-order valence-corrected chi connectivity index (χ0v) is 8.79. The lowest BCUT2D eigenvalue weighted by Crippen LogP contribution is -2.37. The van der Waals surface area contributed by atoms with E-state index in [1.807, 2.05) is 6.07 Å². The van der Waals surface area contributed by atoms with Gasteiger partial charge < -0.3 is 10.8 Å². The van der Waals surface area contributed by atoms with Crippen LogP contribution in [0, 0.1) is 0 Å². The summed E-state index contributed by atoms with van der Waals surface area (Å²) in [7, 11) is 0.